The van der Waals surface area contributed by atoms with Crippen molar-refractivity contribution in [2.24, 2.45) is 0 Å². The molecule has 0 aromatic heterocycles. The first-order valence-electron chi connectivity index (χ1n) is 6.29. The molecule has 0 aromatic carbocycles. The van der Waals surface area contributed by atoms with Gasteiger partial charge in [0.05, 0.1) is 6.61 Å². The van der Waals surface area contributed by atoms with Crippen molar-refractivity contribution in [1.29, 1.82) is 0 Å². The summed E-state index contributed by atoms with van der Waals surface area (Å²) in [6.45, 7) is 12.1. The second kappa shape index (κ2) is 3.77. The Morgan fingerprint density at radius 2 is 1.67 bits per heavy atom. The summed E-state index contributed by atoms with van der Waals surface area (Å²) in [5.74, 6) is -1.27. The van der Waals surface area contributed by atoms with E-state index in [1.54, 1.807) is 0 Å². The van der Waals surface area contributed by atoms with Crippen molar-refractivity contribution in [1.82, 2.24) is 0 Å². The van der Waals surface area contributed by atoms with E-state index in [0.717, 1.165) is 5.57 Å². The van der Waals surface area contributed by atoms with E-state index in [2.05, 4.69) is 6.58 Å². The third-order valence-corrected chi connectivity index (χ3v) is 3.44. The Morgan fingerprint density at radius 1 is 1.00 bits per heavy atom. The number of rotatable bonds is 0. The summed E-state index contributed by atoms with van der Waals surface area (Å²) in [5, 5.41) is 0. The zero-order chi connectivity index (χ0) is 13.1. The predicted octanol–water partition coefficient (Wildman–Crippen LogP) is 1.57. The van der Waals surface area contributed by atoms with Gasteiger partial charge in [-0.3, -0.25) is 0 Å². The maximum absolute atomic E-state index is 5.88. The zero-order valence-electron chi connectivity index (χ0n) is 11.3. The molecule has 3 aliphatic rings. The first kappa shape index (κ1) is 12.6. The summed E-state index contributed by atoms with van der Waals surface area (Å²) in [5.41, 5.74) is 0.873. The fourth-order valence-corrected chi connectivity index (χ4v) is 2.63. The average molecular weight is 256 g/mol. The van der Waals surface area contributed by atoms with Crippen molar-refractivity contribution in [2.45, 2.75) is 63.9 Å². The van der Waals surface area contributed by atoms with Crippen LogP contribution < -0.4 is 0 Å². The second-order valence-electron chi connectivity index (χ2n) is 5.92. The molecule has 5 heteroatoms. The number of ether oxygens (including phenoxy) is 5. The minimum Gasteiger partial charge on any atom is -0.348 e. The first-order valence-corrected chi connectivity index (χ1v) is 6.29. The molecule has 0 saturated carbocycles. The van der Waals surface area contributed by atoms with Crippen molar-refractivity contribution < 1.29 is 23.7 Å². The molecule has 0 aromatic rings. The Morgan fingerprint density at radius 3 is 2.39 bits per heavy atom. The Labute approximate surface area is 107 Å². The molecule has 4 atom stereocenters. The van der Waals surface area contributed by atoms with E-state index in [9.17, 15) is 0 Å². The van der Waals surface area contributed by atoms with Gasteiger partial charge in [0.25, 0.3) is 0 Å². The van der Waals surface area contributed by atoms with E-state index in [-0.39, 0.29) is 18.3 Å². The molecule has 102 valence electrons. The van der Waals surface area contributed by atoms with E-state index in [1.165, 1.54) is 0 Å². The van der Waals surface area contributed by atoms with Crippen molar-refractivity contribution in [3.8, 4) is 0 Å². The summed E-state index contributed by atoms with van der Waals surface area (Å²) in [6, 6.07) is 0. The van der Waals surface area contributed by atoms with Gasteiger partial charge in [0, 0.05) is 0 Å². The second-order valence-corrected chi connectivity index (χ2v) is 5.92. The molecule has 0 amide bonds. The molecule has 3 aliphatic heterocycles. The van der Waals surface area contributed by atoms with E-state index < -0.39 is 17.9 Å². The monoisotopic (exact) mass is 256 g/mol. The minimum absolute atomic E-state index is 0.177. The quantitative estimate of drug-likeness (QED) is 0.616. The maximum Gasteiger partial charge on any atom is 0.191 e. The Balaban J connectivity index is 1.82. The maximum atomic E-state index is 5.88. The molecule has 18 heavy (non-hydrogen) atoms. The lowest BCUT2D eigenvalue weighted by atomic mass is 9.96. The van der Waals surface area contributed by atoms with Crippen LogP contribution >= 0.6 is 0 Å². The molecule has 0 N–H and O–H groups in total. The number of hydrogen-bond acceptors (Lipinski definition) is 5. The Kier molecular flexibility index (Phi) is 2.63. The highest BCUT2D eigenvalue weighted by Gasteiger charge is 2.54. The highest BCUT2D eigenvalue weighted by atomic mass is 16.8. The van der Waals surface area contributed by atoms with Crippen molar-refractivity contribution in [2.75, 3.05) is 6.61 Å². The van der Waals surface area contributed by atoms with Crippen LogP contribution in [0.25, 0.3) is 0 Å². The third kappa shape index (κ3) is 2.00. The molecule has 3 saturated heterocycles. The van der Waals surface area contributed by atoms with Crippen molar-refractivity contribution >= 4 is 0 Å². The van der Waals surface area contributed by atoms with Crippen LogP contribution in [0.3, 0.4) is 0 Å². The number of fused-ring (bicyclic) bond motifs is 2. The van der Waals surface area contributed by atoms with Crippen LogP contribution in [0.1, 0.15) is 27.7 Å². The van der Waals surface area contributed by atoms with Gasteiger partial charge in [0.2, 0.25) is 0 Å². The normalized spacial score (nSPS) is 45.4. The van der Waals surface area contributed by atoms with Gasteiger partial charge in [0.1, 0.15) is 18.3 Å². The van der Waals surface area contributed by atoms with Crippen LogP contribution in [0, 0.1) is 0 Å². The Bertz CT molecular complexity index is 374. The molecular weight excluding hydrogens is 236 g/mol. The van der Waals surface area contributed by atoms with Crippen molar-refractivity contribution in [3.05, 3.63) is 12.2 Å². The van der Waals surface area contributed by atoms with Crippen LogP contribution in [0.5, 0.6) is 0 Å². The lowest BCUT2D eigenvalue weighted by Crippen LogP contribution is -2.57. The van der Waals surface area contributed by atoms with Gasteiger partial charge >= 0.3 is 0 Å². The van der Waals surface area contributed by atoms with E-state index in [0.29, 0.717) is 6.61 Å². The molecule has 0 bridgehead atoms. The van der Waals surface area contributed by atoms with E-state index >= 15 is 0 Å². The van der Waals surface area contributed by atoms with Gasteiger partial charge in [-0.1, -0.05) is 6.58 Å². The summed E-state index contributed by atoms with van der Waals surface area (Å²) >= 11 is 0. The molecule has 0 unspecified atom stereocenters. The summed E-state index contributed by atoms with van der Waals surface area (Å²) in [4.78, 5) is 0. The predicted molar refractivity (Wildman–Crippen MR) is 62.7 cm³/mol. The van der Waals surface area contributed by atoms with Gasteiger partial charge in [0.15, 0.2) is 17.9 Å². The van der Waals surface area contributed by atoms with Gasteiger partial charge in [-0.05, 0) is 33.3 Å². The van der Waals surface area contributed by atoms with Crippen LogP contribution in [0.4, 0.5) is 0 Å². The van der Waals surface area contributed by atoms with Gasteiger partial charge in [-0.15, -0.1) is 0 Å². The van der Waals surface area contributed by atoms with Crippen LogP contribution in [-0.4, -0.2) is 42.8 Å². The highest BCUT2D eigenvalue weighted by molar-refractivity contribution is 5.18. The molecule has 3 heterocycles. The lowest BCUT2D eigenvalue weighted by molar-refractivity contribution is -0.332. The summed E-state index contributed by atoms with van der Waals surface area (Å²) < 4.78 is 28.9. The standard InChI is InChI=1S/C13H20O5/c1-7-9-8(6-14-12(2,3)16-9)15-11-10(7)17-13(4,5)18-11/h8-11H,1,6H2,2-5H3/t8-,9+,10-,11-/m1/s1. The fourth-order valence-electron chi connectivity index (χ4n) is 2.63. The zero-order valence-corrected chi connectivity index (χ0v) is 11.3. The highest BCUT2D eigenvalue weighted by Crippen LogP contribution is 2.42. The molecule has 3 fully saturated rings. The number of hydrogen-bond donors (Lipinski definition) is 0. The van der Waals surface area contributed by atoms with Crippen LogP contribution in [0.15, 0.2) is 12.2 Å². The molecule has 0 spiro atoms. The van der Waals surface area contributed by atoms with E-state index in [4.69, 9.17) is 23.7 Å². The molecule has 0 aliphatic carbocycles. The smallest absolute Gasteiger partial charge is 0.191 e. The van der Waals surface area contributed by atoms with Crippen molar-refractivity contribution in [3.63, 3.8) is 0 Å². The van der Waals surface area contributed by atoms with Gasteiger partial charge < -0.3 is 23.7 Å². The molecule has 5 nitrogen and oxygen atoms in total. The molecule has 0 radical (unpaired) electrons. The SMILES string of the molecule is C=C1[C@H]2OC(C)(C)O[C@H]2O[C@@H]2COC(C)(C)O[C@@H]12. The topological polar surface area (TPSA) is 46.2 Å². The lowest BCUT2D eigenvalue weighted by Gasteiger charge is -2.46. The minimum atomic E-state index is -0.651. The average Bonchev–Trinajstić information content (AvgIpc) is 2.54. The van der Waals surface area contributed by atoms with E-state index in [1.807, 2.05) is 27.7 Å². The Hall–Kier alpha value is -0.460. The van der Waals surface area contributed by atoms with Crippen LogP contribution in [0.2, 0.25) is 0 Å². The molecular formula is C13H20O5. The first-order chi connectivity index (χ1) is 8.27. The van der Waals surface area contributed by atoms with Gasteiger partial charge in [-0.25, -0.2) is 0 Å². The third-order valence-electron chi connectivity index (χ3n) is 3.44. The van der Waals surface area contributed by atoms with Gasteiger partial charge in [-0.2, -0.15) is 0 Å². The largest absolute Gasteiger partial charge is 0.348 e. The van der Waals surface area contributed by atoms with Crippen LogP contribution in [-0.2, 0) is 23.7 Å². The fraction of sp³-hybridized carbons (Fsp3) is 0.846. The summed E-state index contributed by atoms with van der Waals surface area (Å²) in [7, 11) is 0. The molecule has 3 rings (SSSR count). The summed E-state index contributed by atoms with van der Waals surface area (Å²) in [6.07, 6.45) is -1.06.